The Labute approximate surface area is 359 Å². The smallest absolute Gasteiger partial charge is 0.306 e. The molecule has 0 aliphatic carbocycles. The molecule has 0 aromatic rings. The highest BCUT2D eigenvalue weighted by molar-refractivity contribution is 5.69. The molecule has 0 aromatic carbocycles. The monoisotopic (exact) mass is 821 g/mol. The molecule has 8 heteroatoms. The summed E-state index contributed by atoms with van der Waals surface area (Å²) in [6.07, 6.45) is 40.5. The van der Waals surface area contributed by atoms with Crippen LogP contribution in [0.4, 0.5) is 0 Å². The van der Waals surface area contributed by atoms with E-state index in [-0.39, 0.29) is 24.1 Å². The minimum atomic E-state index is -0.527. The lowest BCUT2D eigenvalue weighted by atomic mass is 10.1. The van der Waals surface area contributed by atoms with Crippen LogP contribution in [0.3, 0.4) is 0 Å². The molecular formula is C50H96N2O6. The lowest BCUT2D eigenvalue weighted by Gasteiger charge is -2.31. The molecule has 0 aliphatic heterocycles. The van der Waals surface area contributed by atoms with Gasteiger partial charge in [-0.1, -0.05) is 141 Å². The van der Waals surface area contributed by atoms with Crippen molar-refractivity contribution in [1.82, 2.24) is 9.80 Å². The van der Waals surface area contributed by atoms with E-state index in [0.717, 1.165) is 51.4 Å². The molecule has 4 unspecified atom stereocenters. The van der Waals surface area contributed by atoms with Gasteiger partial charge in [-0.05, 0) is 91.9 Å². The van der Waals surface area contributed by atoms with Crippen molar-refractivity contribution in [2.75, 3.05) is 39.3 Å². The lowest BCUT2D eigenvalue weighted by Crippen LogP contribution is -2.45. The van der Waals surface area contributed by atoms with E-state index in [9.17, 15) is 19.8 Å². The summed E-state index contributed by atoms with van der Waals surface area (Å²) in [6, 6.07) is 0. The fraction of sp³-hybridized carbons (Fsp3) is 0.880. The summed E-state index contributed by atoms with van der Waals surface area (Å²) in [5.41, 5.74) is 0. The first-order valence-electron chi connectivity index (χ1n) is 24.6. The highest BCUT2D eigenvalue weighted by Crippen LogP contribution is 2.13. The largest absolute Gasteiger partial charge is 0.461 e. The molecule has 0 spiro atoms. The number of aliphatic hydroxyl groups excluding tert-OH is 2. The highest BCUT2D eigenvalue weighted by atomic mass is 16.5. The van der Waals surface area contributed by atoms with Crippen LogP contribution in [0.2, 0.25) is 0 Å². The van der Waals surface area contributed by atoms with Gasteiger partial charge in [0, 0.05) is 52.1 Å². The normalized spacial score (nSPS) is 14.2. The Bertz CT molecular complexity index is 894. The third-order valence-corrected chi connectivity index (χ3v) is 10.8. The van der Waals surface area contributed by atoms with Gasteiger partial charge in [0.2, 0.25) is 0 Å². The van der Waals surface area contributed by atoms with Crippen molar-refractivity contribution in [1.29, 1.82) is 0 Å². The Morgan fingerprint density at radius 2 is 0.707 bits per heavy atom. The van der Waals surface area contributed by atoms with Crippen molar-refractivity contribution in [3.8, 4) is 0 Å². The molecule has 342 valence electrons. The molecular weight excluding hydrogens is 725 g/mol. The molecule has 0 rings (SSSR count). The standard InChI is InChI=1S/C50H96N2O6/c1-7-9-11-13-15-17-19-21-23-25-27-29-31-33-35-37-49(55)57-47(5)43-51(41-45(3)53)39-40-52(42-46(4)54)44-48(6)58-50(56)38-36-34-32-30-28-26-24-22-20-18-16-14-12-10-8-2/h21-24,45-48,53-54H,7-20,25-44H2,1-6H3. The van der Waals surface area contributed by atoms with E-state index >= 15 is 0 Å². The van der Waals surface area contributed by atoms with Crippen molar-refractivity contribution in [2.45, 2.75) is 246 Å². The van der Waals surface area contributed by atoms with Crippen LogP contribution >= 0.6 is 0 Å². The molecule has 58 heavy (non-hydrogen) atoms. The number of hydrogen-bond donors (Lipinski definition) is 2. The molecule has 0 amide bonds. The van der Waals surface area contributed by atoms with Gasteiger partial charge in [-0.2, -0.15) is 0 Å². The number of carbonyl (C=O) groups is 2. The molecule has 0 radical (unpaired) electrons. The van der Waals surface area contributed by atoms with E-state index < -0.39 is 12.2 Å². The maximum atomic E-state index is 12.6. The molecule has 2 N–H and O–H groups in total. The van der Waals surface area contributed by atoms with Gasteiger partial charge >= 0.3 is 11.9 Å². The van der Waals surface area contributed by atoms with E-state index in [4.69, 9.17) is 9.47 Å². The zero-order valence-corrected chi connectivity index (χ0v) is 39.1. The first kappa shape index (κ1) is 56.3. The van der Waals surface area contributed by atoms with Crippen molar-refractivity contribution >= 4 is 11.9 Å². The molecule has 0 heterocycles. The van der Waals surface area contributed by atoms with Crippen molar-refractivity contribution < 1.29 is 29.3 Å². The van der Waals surface area contributed by atoms with Gasteiger partial charge in [0.1, 0.15) is 12.2 Å². The number of ether oxygens (including phenoxy) is 2. The number of aliphatic hydroxyl groups is 2. The van der Waals surface area contributed by atoms with Crippen LogP contribution in [0.25, 0.3) is 0 Å². The second-order valence-electron chi connectivity index (χ2n) is 17.5. The van der Waals surface area contributed by atoms with E-state index in [0.29, 0.717) is 52.1 Å². The Morgan fingerprint density at radius 3 is 1.00 bits per heavy atom. The number of hydrogen-bond acceptors (Lipinski definition) is 8. The van der Waals surface area contributed by atoms with Gasteiger partial charge in [0.05, 0.1) is 12.2 Å². The van der Waals surface area contributed by atoms with Crippen LogP contribution in [-0.2, 0) is 19.1 Å². The summed E-state index contributed by atoms with van der Waals surface area (Å²) in [6.45, 7) is 15.1. The summed E-state index contributed by atoms with van der Waals surface area (Å²) >= 11 is 0. The van der Waals surface area contributed by atoms with Crippen LogP contribution in [0.15, 0.2) is 24.3 Å². The Balaban J connectivity index is 4.31. The van der Waals surface area contributed by atoms with Crippen molar-refractivity contribution in [2.24, 2.45) is 0 Å². The van der Waals surface area contributed by atoms with Crippen LogP contribution in [0.1, 0.15) is 221 Å². The number of esters is 2. The van der Waals surface area contributed by atoms with Gasteiger partial charge in [-0.3, -0.25) is 19.4 Å². The minimum absolute atomic E-state index is 0.157. The second kappa shape index (κ2) is 42.0. The second-order valence-corrected chi connectivity index (χ2v) is 17.5. The molecule has 4 atom stereocenters. The Kier molecular flexibility index (Phi) is 40.7. The average molecular weight is 821 g/mol. The average Bonchev–Trinajstić information content (AvgIpc) is 3.16. The van der Waals surface area contributed by atoms with Gasteiger partial charge in [-0.25, -0.2) is 0 Å². The van der Waals surface area contributed by atoms with Crippen molar-refractivity contribution in [3.63, 3.8) is 0 Å². The zero-order valence-electron chi connectivity index (χ0n) is 39.1. The van der Waals surface area contributed by atoms with Crippen LogP contribution in [0, 0.1) is 0 Å². The fourth-order valence-electron chi connectivity index (χ4n) is 7.59. The summed E-state index contributed by atoms with van der Waals surface area (Å²) in [5.74, 6) is -0.314. The molecule has 0 aromatic heterocycles. The maximum Gasteiger partial charge on any atom is 0.306 e. The number of allylic oxidation sites excluding steroid dienone is 4. The third-order valence-electron chi connectivity index (χ3n) is 10.8. The number of nitrogens with zero attached hydrogens (tertiary/aromatic N) is 2. The van der Waals surface area contributed by atoms with Crippen molar-refractivity contribution in [3.05, 3.63) is 24.3 Å². The van der Waals surface area contributed by atoms with E-state index in [1.165, 1.54) is 116 Å². The summed E-state index contributed by atoms with van der Waals surface area (Å²) in [4.78, 5) is 29.4. The van der Waals surface area contributed by atoms with Gasteiger partial charge in [-0.15, -0.1) is 0 Å². The molecule has 0 aliphatic rings. The Morgan fingerprint density at radius 1 is 0.431 bits per heavy atom. The van der Waals surface area contributed by atoms with Gasteiger partial charge < -0.3 is 19.7 Å². The lowest BCUT2D eigenvalue weighted by molar-refractivity contribution is -0.150. The molecule has 8 nitrogen and oxygen atoms in total. The number of carbonyl (C=O) groups excluding carboxylic acids is 2. The van der Waals surface area contributed by atoms with E-state index in [1.807, 2.05) is 13.8 Å². The highest BCUT2D eigenvalue weighted by Gasteiger charge is 2.20. The Hall–Kier alpha value is -1.74. The predicted octanol–water partition coefficient (Wildman–Crippen LogP) is 12.3. The first-order chi connectivity index (χ1) is 28.1. The molecule has 0 saturated heterocycles. The van der Waals surface area contributed by atoms with Crippen LogP contribution in [0.5, 0.6) is 0 Å². The predicted molar refractivity (Wildman–Crippen MR) is 246 cm³/mol. The SMILES string of the molecule is CCCCCCCCC=CCCCCCCCC(=O)OC(C)CN(CCN(CC(C)O)CC(C)OC(=O)CCCCCCCC=CCCCCCCCC)CC(C)O. The fourth-order valence-corrected chi connectivity index (χ4v) is 7.59. The van der Waals surface area contributed by atoms with Gasteiger partial charge in [0.15, 0.2) is 0 Å². The van der Waals surface area contributed by atoms with Crippen LogP contribution < -0.4 is 0 Å². The summed E-state index contributed by atoms with van der Waals surface area (Å²) in [5, 5.41) is 20.4. The van der Waals surface area contributed by atoms with E-state index in [1.54, 1.807) is 13.8 Å². The quantitative estimate of drug-likeness (QED) is 0.0356. The summed E-state index contributed by atoms with van der Waals surface area (Å²) < 4.78 is 11.5. The summed E-state index contributed by atoms with van der Waals surface area (Å²) in [7, 11) is 0. The minimum Gasteiger partial charge on any atom is -0.461 e. The third kappa shape index (κ3) is 41.0. The topological polar surface area (TPSA) is 99.5 Å². The molecule has 0 fully saturated rings. The number of rotatable bonds is 43. The van der Waals surface area contributed by atoms with Gasteiger partial charge in [0.25, 0.3) is 0 Å². The zero-order chi connectivity index (χ0) is 42.9. The molecule has 0 saturated carbocycles. The molecule has 0 bridgehead atoms. The number of unbranched alkanes of at least 4 members (excludes halogenated alkanes) is 22. The van der Waals surface area contributed by atoms with E-state index in [2.05, 4.69) is 48.0 Å². The first-order valence-corrected chi connectivity index (χ1v) is 24.6. The van der Waals surface area contributed by atoms with Crippen LogP contribution in [-0.4, -0.2) is 95.6 Å². The maximum absolute atomic E-state index is 12.6.